The van der Waals surface area contributed by atoms with Gasteiger partial charge in [-0.3, -0.25) is 4.99 Å². The smallest absolute Gasteiger partial charge is 0.160 e. The molecule has 1 heterocycles. The van der Waals surface area contributed by atoms with Crippen molar-refractivity contribution in [2.24, 2.45) is 4.99 Å². The van der Waals surface area contributed by atoms with Gasteiger partial charge in [0.25, 0.3) is 0 Å². The fourth-order valence-electron chi connectivity index (χ4n) is 2.12. The molecule has 1 aliphatic rings. The highest BCUT2D eigenvalue weighted by Crippen LogP contribution is 2.32. The molecule has 0 spiro atoms. The number of hydrogen-bond acceptors (Lipinski definition) is 4. The minimum atomic E-state index is 0.212. The summed E-state index contributed by atoms with van der Waals surface area (Å²) in [5.74, 6) is 2.12. The summed E-state index contributed by atoms with van der Waals surface area (Å²) in [6.45, 7) is 5.59. The van der Waals surface area contributed by atoms with E-state index in [1.54, 1.807) is 17.8 Å². The second-order valence-corrected chi connectivity index (χ2v) is 6.18. The van der Waals surface area contributed by atoms with Crippen molar-refractivity contribution in [1.29, 1.82) is 0 Å². The van der Waals surface area contributed by atoms with Crippen LogP contribution in [0.25, 0.3) is 0 Å². The zero-order valence-corrected chi connectivity index (χ0v) is 13.5. The van der Waals surface area contributed by atoms with E-state index in [1.165, 1.54) is 0 Å². The highest BCUT2D eigenvalue weighted by Gasteiger charge is 2.14. The van der Waals surface area contributed by atoms with Gasteiger partial charge in [-0.15, -0.1) is 11.8 Å². The first-order valence-electron chi connectivity index (χ1n) is 7.55. The lowest BCUT2D eigenvalue weighted by atomic mass is 9.97. The number of rotatable bonds is 6. The van der Waals surface area contributed by atoms with Gasteiger partial charge in [0.05, 0.1) is 18.2 Å². The molecule has 1 aliphatic heterocycles. The summed E-state index contributed by atoms with van der Waals surface area (Å²) in [4.78, 5) is 4.61. The van der Waals surface area contributed by atoms with Gasteiger partial charge in [-0.1, -0.05) is 26.0 Å². The maximum Gasteiger partial charge on any atom is 0.160 e. The second-order valence-electron chi connectivity index (χ2n) is 5.07. The number of thioether (sulfide) groups is 1. The van der Waals surface area contributed by atoms with Gasteiger partial charge in [-0.25, -0.2) is 0 Å². The van der Waals surface area contributed by atoms with Crippen LogP contribution in [0.4, 0.5) is 0 Å². The molecule has 21 heavy (non-hydrogen) atoms. The number of phenolic OH excluding ortho intramolecular Hbond substituents is 1. The van der Waals surface area contributed by atoms with Crippen molar-refractivity contribution in [3.05, 3.63) is 35.9 Å². The number of ether oxygens (including phenoxy) is 1. The van der Waals surface area contributed by atoms with Crippen molar-refractivity contribution < 1.29 is 9.84 Å². The molecule has 1 aromatic rings. The molecule has 0 radical (unpaired) electrons. The summed E-state index contributed by atoms with van der Waals surface area (Å²) in [5, 5.41) is 11.1. The van der Waals surface area contributed by atoms with Crippen LogP contribution in [0, 0.1) is 0 Å². The average molecular weight is 305 g/mol. The van der Waals surface area contributed by atoms with Gasteiger partial charge >= 0.3 is 0 Å². The Hall–Kier alpha value is -1.42. The van der Waals surface area contributed by atoms with Crippen LogP contribution in [0.15, 0.2) is 35.3 Å². The summed E-state index contributed by atoms with van der Waals surface area (Å²) in [6, 6.07) is 5.65. The number of aliphatic imine (C=N–C) groups is 1. The van der Waals surface area contributed by atoms with Crippen LogP contribution in [-0.2, 0) is 0 Å². The SMILES string of the molecule is CCCOc1ccc(C2C=CC(SCCC)=NC2)cc1O. The molecule has 2 rings (SSSR count). The van der Waals surface area contributed by atoms with Crippen molar-refractivity contribution in [3.8, 4) is 11.5 Å². The molecule has 3 nitrogen and oxygen atoms in total. The number of nitrogens with zero attached hydrogens (tertiary/aromatic N) is 1. The van der Waals surface area contributed by atoms with Crippen LogP contribution in [0.3, 0.4) is 0 Å². The van der Waals surface area contributed by atoms with Crippen LogP contribution < -0.4 is 4.74 Å². The minimum Gasteiger partial charge on any atom is -0.504 e. The van der Waals surface area contributed by atoms with Crippen molar-refractivity contribution >= 4 is 16.8 Å². The Labute approximate surface area is 131 Å². The predicted octanol–water partition coefficient (Wildman–Crippen LogP) is 4.38. The third-order valence-corrected chi connectivity index (χ3v) is 4.42. The van der Waals surface area contributed by atoms with Gasteiger partial charge in [0, 0.05) is 5.92 Å². The van der Waals surface area contributed by atoms with Crippen molar-refractivity contribution in [2.75, 3.05) is 18.9 Å². The Kier molecular flexibility index (Phi) is 6.18. The molecule has 0 saturated carbocycles. The molecule has 4 heteroatoms. The summed E-state index contributed by atoms with van der Waals surface area (Å²) in [7, 11) is 0. The molecule has 114 valence electrons. The summed E-state index contributed by atoms with van der Waals surface area (Å²) >= 11 is 1.80. The third-order valence-electron chi connectivity index (χ3n) is 3.24. The van der Waals surface area contributed by atoms with E-state index in [1.807, 2.05) is 19.1 Å². The van der Waals surface area contributed by atoms with Crippen molar-refractivity contribution in [2.45, 2.75) is 32.6 Å². The summed E-state index contributed by atoms with van der Waals surface area (Å²) < 4.78 is 5.49. The van der Waals surface area contributed by atoms with E-state index < -0.39 is 0 Å². The Bertz CT molecular complexity index is 526. The Morgan fingerprint density at radius 1 is 1.33 bits per heavy atom. The molecular weight excluding hydrogens is 282 g/mol. The highest BCUT2D eigenvalue weighted by atomic mass is 32.2. The molecule has 0 saturated heterocycles. The van der Waals surface area contributed by atoms with Crippen LogP contribution in [0.2, 0.25) is 0 Å². The Morgan fingerprint density at radius 2 is 2.19 bits per heavy atom. The Balaban J connectivity index is 1.99. The fraction of sp³-hybridized carbons (Fsp3) is 0.471. The molecule has 0 amide bonds. The third kappa shape index (κ3) is 4.53. The van der Waals surface area contributed by atoms with Gasteiger partial charge in [-0.05, 0) is 42.4 Å². The monoisotopic (exact) mass is 305 g/mol. The predicted molar refractivity (Wildman–Crippen MR) is 90.8 cm³/mol. The van der Waals surface area contributed by atoms with Gasteiger partial charge in [-0.2, -0.15) is 0 Å². The van der Waals surface area contributed by atoms with E-state index in [2.05, 4.69) is 24.1 Å². The van der Waals surface area contributed by atoms with Gasteiger partial charge in [0.1, 0.15) is 0 Å². The first kappa shape index (κ1) is 16.0. The van der Waals surface area contributed by atoms with Crippen LogP contribution in [-0.4, -0.2) is 29.1 Å². The zero-order chi connectivity index (χ0) is 15.1. The van der Waals surface area contributed by atoms with E-state index in [0.717, 1.165) is 35.7 Å². The lowest BCUT2D eigenvalue weighted by Gasteiger charge is -2.17. The van der Waals surface area contributed by atoms with Crippen molar-refractivity contribution in [3.63, 3.8) is 0 Å². The molecule has 0 aliphatic carbocycles. The average Bonchev–Trinajstić information content (AvgIpc) is 2.52. The fourth-order valence-corrected chi connectivity index (χ4v) is 2.87. The molecule has 1 unspecified atom stereocenters. The normalized spacial score (nSPS) is 17.6. The maximum atomic E-state index is 10.0. The number of hydrogen-bond donors (Lipinski definition) is 1. The van der Waals surface area contributed by atoms with E-state index in [0.29, 0.717) is 12.4 Å². The van der Waals surface area contributed by atoms with Crippen molar-refractivity contribution in [1.82, 2.24) is 0 Å². The lowest BCUT2D eigenvalue weighted by Crippen LogP contribution is -2.07. The zero-order valence-electron chi connectivity index (χ0n) is 12.7. The first-order chi connectivity index (χ1) is 10.2. The highest BCUT2D eigenvalue weighted by molar-refractivity contribution is 8.14. The summed E-state index contributed by atoms with van der Waals surface area (Å²) in [5.41, 5.74) is 1.08. The van der Waals surface area contributed by atoms with Gasteiger partial charge in [0.2, 0.25) is 0 Å². The number of phenols is 1. The lowest BCUT2D eigenvalue weighted by molar-refractivity contribution is 0.299. The molecule has 0 fully saturated rings. The molecule has 0 bridgehead atoms. The Morgan fingerprint density at radius 3 is 2.81 bits per heavy atom. The molecular formula is C17H23NO2S. The maximum absolute atomic E-state index is 10.0. The largest absolute Gasteiger partial charge is 0.504 e. The summed E-state index contributed by atoms with van der Waals surface area (Å²) in [6.07, 6.45) is 6.35. The van der Waals surface area contributed by atoms with E-state index in [-0.39, 0.29) is 11.7 Å². The molecule has 1 N–H and O–H groups in total. The van der Waals surface area contributed by atoms with E-state index in [9.17, 15) is 5.11 Å². The molecule has 1 atom stereocenters. The number of dihydropyridines is 1. The van der Waals surface area contributed by atoms with Gasteiger partial charge in [0.15, 0.2) is 11.5 Å². The first-order valence-corrected chi connectivity index (χ1v) is 8.54. The molecule has 0 aromatic heterocycles. The van der Waals surface area contributed by atoms with Gasteiger partial charge < -0.3 is 9.84 Å². The molecule has 1 aromatic carbocycles. The quantitative estimate of drug-likeness (QED) is 0.848. The number of benzene rings is 1. The second kappa shape index (κ2) is 8.13. The topological polar surface area (TPSA) is 41.8 Å². The van der Waals surface area contributed by atoms with Crippen LogP contribution in [0.5, 0.6) is 11.5 Å². The standard InChI is InChI=1S/C17H23NO2S/c1-3-9-20-16-7-5-13(11-15(16)19)14-6-8-17(18-12-14)21-10-4-2/h5-8,11,14,19H,3-4,9-10,12H2,1-2H3. The minimum absolute atomic E-state index is 0.212. The van der Waals surface area contributed by atoms with Crippen LogP contribution >= 0.6 is 11.8 Å². The van der Waals surface area contributed by atoms with Crippen LogP contribution in [0.1, 0.15) is 38.2 Å². The van der Waals surface area contributed by atoms with E-state index in [4.69, 9.17) is 4.74 Å². The van der Waals surface area contributed by atoms with E-state index >= 15 is 0 Å². The number of aromatic hydroxyl groups is 1.